The van der Waals surface area contributed by atoms with Crippen molar-refractivity contribution in [2.24, 2.45) is 0 Å². The molecule has 1 aromatic rings. The molecule has 0 radical (unpaired) electrons. The van der Waals surface area contributed by atoms with Crippen molar-refractivity contribution in [3.63, 3.8) is 0 Å². The summed E-state index contributed by atoms with van der Waals surface area (Å²) in [6.07, 6.45) is 1.65. The molecule has 0 bridgehead atoms. The number of carbonyl (C=O) groups excluding carboxylic acids is 1. The zero-order chi connectivity index (χ0) is 9.84. The number of likely N-dealkylation sites (N-methyl/N-ethyl adjacent to an activating group) is 1. The van der Waals surface area contributed by atoms with Crippen molar-refractivity contribution < 1.29 is 4.79 Å². The Balaban J connectivity index is 2.88. The van der Waals surface area contributed by atoms with Crippen molar-refractivity contribution in [2.45, 2.75) is 26.4 Å². The maximum absolute atomic E-state index is 11.7. The highest BCUT2D eigenvalue weighted by Gasteiger charge is 2.16. The average molecular weight is 181 g/mol. The number of rotatable bonds is 4. The summed E-state index contributed by atoms with van der Waals surface area (Å²) in [4.78, 5) is 11.7. The molecule has 4 heteroatoms. The molecule has 0 aromatic carbocycles. The van der Waals surface area contributed by atoms with Crippen LogP contribution in [0.4, 0.5) is 0 Å². The number of ketones is 1. The van der Waals surface area contributed by atoms with Crippen molar-refractivity contribution in [3.05, 3.63) is 18.0 Å². The number of hydrogen-bond acceptors (Lipinski definition) is 3. The molecule has 1 N–H and O–H groups in total. The first-order valence-electron chi connectivity index (χ1n) is 4.44. The Morgan fingerprint density at radius 3 is 3.00 bits per heavy atom. The van der Waals surface area contributed by atoms with Gasteiger partial charge in [-0.1, -0.05) is 0 Å². The summed E-state index contributed by atoms with van der Waals surface area (Å²) in [7, 11) is 1.77. The molecule has 0 aliphatic rings. The van der Waals surface area contributed by atoms with E-state index in [9.17, 15) is 4.79 Å². The minimum atomic E-state index is -0.151. The monoisotopic (exact) mass is 181 g/mol. The van der Waals surface area contributed by atoms with E-state index >= 15 is 0 Å². The number of nitrogens with zero attached hydrogens (tertiary/aromatic N) is 2. The summed E-state index contributed by atoms with van der Waals surface area (Å²) < 4.78 is 1.70. The number of carbonyl (C=O) groups is 1. The van der Waals surface area contributed by atoms with Gasteiger partial charge in [0.2, 0.25) is 0 Å². The van der Waals surface area contributed by atoms with E-state index in [0.29, 0.717) is 5.69 Å². The molecule has 72 valence electrons. The second-order valence-electron chi connectivity index (χ2n) is 2.91. The van der Waals surface area contributed by atoms with Crippen LogP contribution in [-0.2, 0) is 6.54 Å². The second kappa shape index (κ2) is 4.18. The fourth-order valence-corrected chi connectivity index (χ4v) is 1.15. The molecule has 0 amide bonds. The quantitative estimate of drug-likeness (QED) is 0.695. The zero-order valence-electron chi connectivity index (χ0n) is 8.24. The van der Waals surface area contributed by atoms with Gasteiger partial charge in [0.25, 0.3) is 0 Å². The normalized spacial score (nSPS) is 12.8. The van der Waals surface area contributed by atoms with Crippen molar-refractivity contribution >= 4 is 5.78 Å². The van der Waals surface area contributed by atoms with E-state index in [1.54, 1.807) is 24.0 Å². The Kier molecular flexibility index (Phi) is 3.19. The number of Topliss-reactive ketones (excluding diaryl/α,β-unsaturated/α-hetero) is 1. The van der Waals surface area contributed by atoms with E-state index < -0.39 is 0 Å². The van der Waals surface area contributed by atoms with Gasteiger partial charge in [-0.3, -0.25) is 9.48 Å². The number of aromatic nitrogens is 2. The van der Waals surface area contributed by atoms with Crippen LogP contribution in [0, 0.1) is 0 Å². The minimum absolute atomic E-state index is 0.0850. The van der Waals surface area contributed by atoms with Gasteiger partial charge in [0.05, 0.1) is 6.04 Å². The third-order valence-corrected chi connectivity index (χ3v) is 2.09. The molecular weight excluding hydrogens is 166 g/mol. The van der Waals surface area contributed by atoms with Crippen LogP contribution in [0.3, 0.4) is 0 Å². The summed E-state index contributed by atoms with van der Waals surface area (Å²) in [5.74, 6) is 0.0850. The van der Waals surface area contributed by atoms with Gasteiger partial charge in [-0.05, 0) is 27.0 Å². The molecule has 1 aromatic heterocycles. The van der Waals surface area contributed by atoms with Gasteiger partial charge >= 0.3 is 0 Å². The lowest BCUT2D eigenvalue weighted by molar-refractivity contribution is 0.0944. The standard InChI is InChI=1S/C9H15N3O/c1-4-12-8(5-6-11-12)9(13)7(2)10-3/h5-7,10H,4H2,1-3H3. The molecule has 1 atom stereocenters. The zero-order valence-corrected chi connectivity index (χ0v) is 8.24. The SMILES string of the molecule is CCn1nccc1C(=O)C(C)NC. The maximum Gasteiger partial charge on any atom is 0.197 e. The molecule has 1 heterocycles. The van der Waals surface area contributed by atoms with Crippen molar-refractivity contribution in [1.29, 1.82) is 0 Å². The second-order valence-corrected chi connectivity index (χ2v) is 2.91. The van der Waals surface area contributed by atoms with Gasteiger partial charge in [0.15, 0.2) is 5.78 Å². The van der Waals surface area contributed by atoms with Crippen molar-refractivity contribution in [3.8, 4) is 0 Å². The van der Waals surface area contributed by atoms with E-state index in [2.05, 4.69) is 10.4 Å². The molecule has 4 nitrogen and oxygen atoms in total. The molecule has 1 unspecified atom stereocenters. The molecule has 13 heavy (non-hydrogen) atoms. The van der Waals surface area contributed by atoms with E-state index in [4.69, 9.17) is 0 Å². The first kappa shape index (κ1) is 9.92. The van der Waals surface area contributed by atoms with Gasteiger partial charge in [-0.2, -0.15) is 5.10 Å². The molecule has 0 fully saturated rings. The van der Waals surface area contributed by atoms with Crippen LogP contribution in [0.15, 0.2) is 12.3 Å². The molecule has 0 spiro atoms. The highest BCUT2D eigenvalue weighted by atomic mass is 16.1. The number of nitrogens with one attached hydrogen (secondary N) is 1. The first-order valence-corrected chi connectivity index (χ1v) is 4.44. The molecule has 1 rings (SSSR count). The van der Waals surface area contributed by atoms with Crippen molar-refractivity contribution in [2.75, 3.05) is 7.05 Å². The highest BCUT2D eigenvalue weighted by molar-refractivity contribution is 5.98. The summed E-state index contributed by atoms with van der Waals surface area (Å²) in [6, 6.07) is 1.60. The predicted octanol–water partition coefficient (Wildman–Crippen LogP) is 0.694. The Morgan fingerprint density at radius 2 is 2.46 bits per heavy atom. The molecule has 0 saturated carbocycles. The first-order chi connectivity index (χ1) is 6.20. The van der Waals surface area contributed by atoms with Crippen LogP contribution in [-0.4, -0.2) is 28.7 Å². The smallest absolute Gasteiger partial charge is 0.197 e. The van der Waals surface area contributed by atoms with Crippen LogP contribution in [0.25, 0.3) is 0 Å². The van der Waals surface area contributed by atoms with Crippen LogP contribution >= 0.6 is 0 Å². The third kappa shape index (κ3) is 1.95. The molecule has 0 aliphatic heterocycles. The topological polar surface area (TPSA) is 46.9 Å². The maximum atomic E-state index is 11.7. The Bertz CT molecular complexity index is 293. The van der Waals surface area contributed by atoms with Crippen molar-refractivity contribution in [1.82, 2.24) is 15.1 Å². The lowest BCUT2D eigenvalue weighted by Gasteiger charge is -2.09. The Morgan fingerprint density at radius 1 is 1.77 bits per heavy atom. The van der Waals surface area contributed by atoms with E-state index in [-0.39, 0.29) is 11.8 Å². The molecular formula is C9H15N3O. The summed E-state index contributed by atoms with van der Waals surface area (Å²) in [5.41, 5.74) is 0.671. The van der Waals surface area contributed by atoms with Gasteiger partial charge in [-0.25, -0.2) is 0 Å². The largest absolute Gasteiger partial charge is 0.310 e. The number of hydrogen-bond donors (Lipinski definition) is 1. The Labute approximate surface area is 77.9 Å². The summed E-state index contributed by atoms with van der Waals surface area (Å²) in [5, 5.41) is 6.95. The van der Waals surface area contributed by atoms with Gasteiger partial charge in [-0.15, -0.1) is 0 Å². The van der Waals surface area contributed by atoms with Gasteiger partial charge in [0.1, 0.15) is 5.69 Å². The lowest BCUT2D eigenvalue weighted by atomic mass is 10.1. The summed E-state index contributed by atoms with van der Waals surface area (Å²) >= 11 is 0. The fraction of sp³-hybridized carbons (Fsp3) is 0.556. The van der Waals surface area contributed by atoms with E-state index in [0.717, 1.165) is 6.54 Å². The van der Waals surface area contributed by atoms with Gasteiger partial charge < -0.3 is 5.32 Å². The van der Waals surface area contributed by atoms with Gasteiger partial charge in [0, 0.05) is 12.7 Å². The average Bonchev–Trinajstić information content (AvgIpc) is 2.62. The van der Waals surface area contributed by atoms with E-state index in [1.807, 2.05) is 13.8 Å². The highest BCUT2D eigenvalue weighted by Crippen LogP contribution is 2.02. The molecule has 0 saturated heterocycles. The molecule has 0 aliphatic carbocycles. The number of aryl methyl sites for hydroxylation is 1. The predicted molar refractivity (Wildman–Crippen MR) is 50.8 cm³/mol. The van der Waals surface area contributed by atoms with E-state index in [1.165, 1.54) is 0 Å². The van der Waals surface area contributed by atoms with Crippen LogP contribution in [0.2, 0.25) is 0 Å². The fourth-order valence-electron chi connectivity index (χ4n) is 1.15. The van der Waals surface area contributed by atoms with Crippen LogP contribution < -0.4 is 5.32 Å². The van der Waals surface area contributed by atoms with Crippen LogP contribution in [0.5, 0.6) is 0 Å². The lowest BCUT2D eigenvalue weighted by Crippen LogP contribution is -2.32. The van der Waals surface area contributed by atoms with Crippen LogP contribution in [0.1, 0.15) is 24.3 Å². The summed E-state index contributed by atoms with van der Waals surface area (Å²) in [6.45, 7) is 4.54. The third-order valence-electron chi connectivity index (χ3n) is 2.09. The Hall–Kier alpha value is -1.16. The minimum Gasteiger partial charge on any atom is -0.310 e.